The number of alkyl halides is 2. The number of carbonyl (C=O) groups is 1. The van der Waals surface area contributed by atoms with Crippen LogP contribution in [-0.4, -0.2) is 83.7 Å². The summed E-state index contributed by atoms with van der Waals surface area (Å²) >= 11 is 0. The van der Waals surface area contributed by atoms with Crippen molar-refractivity contribution in [3.63, 3.8) is 0 Å². The summed E-state index contributed by atoms with van der Waals surface area (Å²) in [6.45, 7) is -0.705. The number of nitrogens with zero attached hydrogens (tertiary/aromatic N) is 3. The van der Waals surface area contributed by atoms with Gasteiger partial charge in [0.1, 0.15) is 17.1 Å². The van der Waals surface area contributed by atoms with Crippen LogP contribution >= 0.6 is 12.4 Å². The van der Waals surface area contributed by atoms with Crippen LogP contribution in [-0.2, 0) is 4.74 Å². The maximum atomic E-state index is 14.2. The molecule has 1 aliphatic carbocycles. The Morgan fingerprint density at radius 3 is 2.72 bits per heavy atom. The molecule has 5 rings (SSSR count). The van der Waals surface area contributed by atoms with Gasteiger partial charge in [-0.15, -0.1) is 12.4 Å². The van der Waals surface area contributed by atoms with E-state index < -0.39 is 12.2 Å². The molecule has 1 aliphatic heterocycles. The summed E-state index contributed by atoms with van der Waals surface area (Å²) in [6.07, 6.45) is 5.44. The van der Waals surface area contributed by atoms with Gasteiger partial charge in [-0.25, -0.2) is 4.98 Å². The van der Waals surface area contributed by atoms with Gasteiger partial charge in [-0.2, -0.15) is 8.78 Å². The van der Waals surface area contributed by atoms with Crippen LogP contribution in [0.2, 0.25) is 0 Å². The van der Waals surface area contributed by atoms with E-state index >= 15 is 0 Å². The molecule has 1 aromatic heterocycles. The minimum absolute atomic E-state index is 0. The number of halogens is 3. The van der Waals surface area contributed by atoms with Gasteiger partial charge in [0.25, 0.3) is 5.91 Å². The number of ether oxygens (including phenoxy) is 3. The maximum Gasteiger partial charge on any atom is 0.387 e. The van der Waals surface area contributed by atoms with E-state index in [0.717, 1.165) is 24.8 Å². The van der Waals surface area contributed by atoms with Crippen molar-refractivity contribution >= 4 is 18.3 Å². The van der Waals surface area contributed by atoms with Gasteiger partial charge in [0.15, 0.2) is 5.69 Å². The molecule has 0 unspecified atom stereocenters. The second-order valence-electron chi connectivity index (χ2n) is 10.9. The third-order valence-electron chi connectivity index (χ3n) is 8.09. The van der Waals surface area contributed by atoms with Gasteiger partial charge < -0.3 is 34.1 Å². The minimum Gasteiger partial charge on any atom is -0.493 e. The fourth-order valence-electron chi connectivity index (χ4n) is 6.13. The van der Waals surface area contributed by atoms with E-state index in [1.54, 1.807) is 25.6 Å². The van der Waals surface area contributed by atoms with Crippen molar-refractivity contribution in [3.8, 4) is 22.8 Å². The van der Waals surface area contributed by atoms with Gasteiger partial charge in [-0.05, 0) is 25.0 Å². The van der Waals surface area contributed by atoms with Crippen LogP contribution in [0.1, 0.15) is 48.6 Å². The van der Waals surface area contributed by atoms with Crippen molar-refractivity contribution in [2.24, 2.45) is 0 Å². The Bertz CT molecular complexity index is 1330. The van der Waals surface area contributed by atoms with Crippen molar-refractivity contribution in [1.29, 1.82) is 0 Å². The second-order valence-corrected chi connectivity index (χ2v) is 10.9. The molecule has 43 heavy (non-hydrogen) atoms. The SMILES string of the molecule is COC[C@]1(O)CCCC[C@H]1n1cnc(C(=O)N2CCNC[C@H]2CCOc2cccc(OC(F)F)c2)c1-c1ccccc1.Cl. The number of methoxy groups -OCH3 is 1. The van der Waals surface area contributed by atoms with Gasteiger partial charge in [0.2, 0.25) is 0 Å². The normalized spacial score (nSPS) is 22.2. The first kappa shape index (κ1) is 32.7. The van der Waals surface area contributed by atoms with Crippen LogP contribution < -0.4 is 14.8 Å². The predicted molar refractivity (Wildman–Crippen MR) is 160 cm³/mol. The van der Waals surface area contributed by atoms with Gasteiger partial charge >= 0.3 is 6.61 Å². The molecule has 12 heteroatoms. The molecule has 0 bridgehead atoms. The molecule has 2 aromatic carbocycles. The quantitative estimate of drug-likeness (QED) is 0.313. The number of imidazole rings is 1. The van der Waals surface area contributed by atoms with Gasteiger partial charge in [0, 0.05) is 50.8 Å². The number of aromatic nitrogens is 2. The van der Waals surface area contributed by atoms with Crippen LogP contribution in [0.3, 0.4) is 0 Å². The summed E-state index contributed by atoms with van der Waals surface area (Å²) in [5.41, 5.74) is 0.816. The highest BCUT2D eigenvalue weighted by atomic mass is 35.5. The Labute approximate surface area is 256 Å². The molecule has 0 radical (unpaired) electrons. The first-order valence-electron chi connectivity index (χ1n) is 14.4. The Hall–Kier alpha value is -3.25. The molecule has 2 N–H and O–H groups in total. The molecule has 2 fully saturated rings. The molecule has 1 saturated carbocycles. The van der Waals surface area contributed by atoms with Crippen LogP contribution in [0.5, 0.6) is 11.5 Å². The third kappa shape index (κ3) is 7.64. The van der Waals surface area contributed by atoms with Crippen molar-refractivity contribution in [1.82, 2.24) is 19.8 Å². The highest BCUT2D eigenvalue weighted by Crippen LogP contribution is 2.41. The molecular formula is C31H39ClF2N4O5. The Morgan fingerprint density at radius 1 is 1.16 bits per heavy atom. The number of piperazine rings is 1. The zero-order chi connectivity index (χ0) is 29.5. The highest BCUT2D eigenvalue weighted by Gasteiger charge is 2.42. The maximum absolute atomic E-state index is 14.2. The third-order valence-corrected chi connectivity index (χ3v) is 8.09. The number of rotatable bonds is 11. The Balaban J connectivity index is 0.00000423. The van der Waals surface area contributed by atoms with Crippen molar-refractivity contribution in [2.45, 2.75) is 56.4 Å². The number of carbonyl (C=O) groups excluding carboxylic acids is 1. The molecule has 2 aliphatic rings. The van der Waals surface area contributed by atoms with Crippen molar-refractivity contribution < 1.29 is 32.9 Å². The standard InChI is InChI=1S/C31H38F2N4O5.ClH/c1-40-20-31(39)14-6-5-12-26(31)37-21-35-27(28(37)22-8-3-2-4-9-22)29(38)36-16-15-34-19-23(36)13-17-41-24-10-7-11-25(18-24)42-30(32)33;/h2-4,7-11,18,21,23,26,30,34,39H,5-6,12-17,19-20H2,1H3;1H/t23-,26-,31-;/m1./s1. The van der Waals surface area contributed by atoms with E-state index in [1.165, 1.54) is 12.1 Å². The molecule has 2 heterocycles. The molecule has 3 atom stereocenters. The van der Waals surface area contributed by atoms with Crippen LogP contribution in [0, 0.1) is 0 Å². The van der Waals surface area contributed by atoms with Gasteiger partial charge in [-0.1, -0.05) is 49.2 Å². The van der Waals surface area contributed by atoms with Crippen LogP contribution in [0.15, 0.2) is 60.9 Å². The zero-order valence-electron chi connectivity index (χ0n) is 24.2. The number of hydrogen-bond acceptors (Lipinski definition) is 7. The topological polar surface area (TPSA) is 98.1 Å². The monoisotopic (exact) mass is 620 g/mol. The molecule has 9 nitrogen and oxygen atoms in total. The lowest BCUT2D eigenvalue weighted by atomic mass is 9.80. The Kier molecular flexibility index (Phi) is 11.4. The number of aliphatic hydroxyl groups is 1. The lowest BCUT2D eigenvalue weighted by molar-refractivity contribution is -0.0893. The van der Waals surface area contributed by atoms with Crippen molar-refractivity contribution in [2.75, 3.05) is 40.0 Å². The molecule has 3 aromatic rings. The molecule has 234 valence electrons. The molecule has 1 amide bonds. The summed E-state index contributed by atoms with van der Waals surface area (Å²) in [5, 5.41) is 15.0. The second kappa shape index (κ2) is 15.0. The number of nitrogens with one attached hydrogen (secondary N) is 1. The zero-order valence-corrected chi connectivity index (χ0v) is 25.0. The largest absolute Gasteiger partial charge is 0.493 e. The van der Waals surface area contributed by atoms with Crippen molar-refractivity contribution in [3.05, 3.63) is 66.6 Å². The average molecular weight is 621 g/mol. The minimum atomic E-state index is -2.91. The summed E-state index contributed by atoms with van der Waals surface area (Å²) < 4.78 is 42.9. The van der Waals surface area contributed by atoms with E-state index in [9.17, 15) is 18.7 Å². The van der Waals surface area contributed by atoms with E-state index in [4.69, 9.17) is 9.47 Å². The van der Waals surface area contributed by atoms with E-state index in [1.807, 2.05) is 39.8 Å². The summed E-state index contributed by atoms with van der Waals surface area (Å²) in [7, 11) is 1.59. The number of benzene rings is 2. The average Bonchev–Trinajstić information content (AvgIpc) is 3.42. The van der Waals surface area contributed by atoms with Gasteiger partial charge in [-0.3, -0.25) is 4.79 Å². The van der Waals surface area contributed by atoms with Gasteiger partial charge in [0.05, 0.1) is 31.3 Å². The lowest BCUT2D eigenvalue weighted by Crippen LogP contribution is -2.54. The Morgan fingerprint density at radius 2 is 1.95 bits per heavy atom. The van der Waals surface area contributed by atoms with E-state index in [0.29, 0.717) is 49.6 Å². The van der Waals surface area contributed by atoms with Crippen LogP contribution in [0.25, 0.3) is 11.3 Å². The molecule has 0 spiro atoms. The lowest BCUT2D eigenvalue weighted by Gasteiger charge is -2.41. The fraction of sp³-hybridized carbons (Fsp3) is 0.484. The van der Waals surface area contributed by atoms with E-state index in [-0.39, 0.29) is 49.4 Å². The summed E-state index contributed by atoms with van der Waals surface area (Å²) in [5.74, 6) is 0.256. The fourth-order valence-corrected chi connectivity index (χ4v) is 6.13. The van der Waals surface area contributed by atoms with Crippen LogP contribution in [0.4, 0.5) is 8.78 Å². The highest BCUT2D eigenvalue weighted by molar-refractivity contribution is 5.98. The number of amides is 1. The first-order valence-corrected chi connectivity index (χ1v) is 14.4. The smallest absolute Gasteiger partial charge is 0.387 e. The number of hydrogen-bond donors (Lipinski definition) is 2. The molecule has 1 saturated heterocycles. The molecular weight excluding hydrogens is 582 g/mol. The first-order chi connectivity index (χ1) is 20.4. The summed E-state index contributed by atoms with van der Waals surface area (Å²) in [4.78, 5) is 20.7. The van der Waals surface area contributed by atoms with E-state index in [2.05, 4.69) is 15.0 Å². The summed E-state index contributed by atoms with van der Waals surface area (Å²) in [6, 6.07) is 15.4. The predicted octanol–water partition coefficient (Wildman–Crippen LogP) is 4.95.